The Morgan fingerprint density at radius 3 is 2.94 bits per heavy atom. The smallest absolute Gasteiger partial charge is 0.107 e. The van der Waals surface area contributed by atoms with Crippen molar-refractivity contribution in [2.75, 3.05) is 11.5 Å². The van der Waals surface area contributed by atoms with Crippen molar-refractivity contribution in [3.63, 3.8) is 0 Å². The molecule has 4 heteroatoms. The van der Waals surface area contributed by atoms with Crippen LogP contribution in [-0.4, -0.2) is 21.5 Å². The Kier molecular flexibility index (Phi) is 3.43. The lowest BCUT2D eigenvalue weighted by Gasteiger charge is -2.19. The molecule has 2 aromatic rings. The fourth-order valence-electron chi connectivity index (χ4n) is 2.37. The molecule has 17 heavy (non-hydrogen) atoms. The van der Waals surface area contributed by atoms with Crippen LogP contribution in [0.1, 0.15) is 18.7 Å². The van der Waals surface area contributed by atoms with Crippen LogP contribution in [0.5, 0.6) is 0 Å². The molecule has 1 aliphatic rings. The Bertz CT molecular complexity index is 517. The highest BCUT2D eigenvalue weighted by Crippen LogP contribution is 2.27. The minimum absolute atomic E-state index is 0.815. The monoisotopic (exact) mass is 310 g/mol. The number of benzene rings is 1. The van der Waals surface area contributed by atoms with E-state index in [0.29, 0.717) is 0 Å². The Balaban J connectivity index is 1.83. The van der Waals surface area contributed by atoms with Gasteiger partial charge in [-0.2, -0.15) is 11.8 Å². The van der Waals surface area contributed by atoms with Crippen molar-refractivity contribution in [3.05, 3.63) is 28.5 Å². The number of fused-ring (bicyclic) bond motifs is 1. The van der Waals surface area contributed by atoms with Crippen LogP contribution in [0, 0.1) is 5.92 Å². The van der Waals surface area contributed by atoms with Crippen LogP contribution in [0.15, 0.2) is 22.7 Å². The van der Waals surface area contributed by atoms with E-state index in [-0.39, 0.29) is 0 Å². The lowest BCUT2D eigenvalue weighted by atomic mass is 9.99. The standard InChI is InChI=1S/C13H15BrN2S/c14-10-2-1-3-11-13(10)16-12(15-11)8-9-4-6-17-7-5-9/h1-3,9H,4-8H2,(H,15,16). The van der Waals surface area contributed by atoms with Crippen LogP contribution >= 0.6 is 27.7 Å². The molecule has 2 nitrogen and oxygen atoms in total. The summed E-state index contributed by atoms with van der Waals surface area (Å²) in [5.41, 5.74) is 2.20. The molecule has 1 aromatic carbocycles. The summed E-state index contributed by atoms with van der Waals surface area (Å²) >= 11 is 5.63. The van der Waals surface area contributed by atoms with Crippen molar-refractivity contribution in [3.8, 4) is 0 Å². The van der Waals surface area contributed by atoms with Gasteiger partial charge in [-0.1, -0.05) is 6.07 Å². The first-order valence-electron chi connectivity index (χ1n) is 6.04. The van der Waals surface area contributed by atoms with Gasteiger partial charge in [-0.05, 0) is 58.3 Å². The number of aromatic nitrogens is 2. The summed E-state index contributed by atoms with van der Waals surface area (Å²) in [4.78, 5) is 8.13. The van der Waals surface area contributed by atoms with Gasteiger partial charge in [0.25, 0.3) is 0 Å². The van der Waals surface area contributed by atoms with E-state index in [1.807, 2.05) is 12.1 Å². The molecule has 3 rings (SSSR count). The fourth-order valence-corrected chi connectivity index (χ4v) is 4.03. The maximum atomic E-state index is 4.70. The van der Waals surface area contributed by atoms with Gasteiger partial charge in [0.05, 0.1) is 5.52 Å². The number of imidazole rings is 1. The quantitative estimate of drug-likeness (QED) is 0.908. The van der Waals surface area contributed by atoms with Gasteiger partial charge in [0.1, 0.15) is 11.3 Å². The van der Waals surface area contributed by atoms with E-state index in [9.17, 15) is 0 Å². The summed E-state index contributed by atoms with van der Waals surface area (Å²) in [5.74, 6) is 4.59. The molecule has 1 aliphatic heterocycles. The topological polar surface area (TPSA) is 28.7 Å². The van der Waals surface area contributed by atoms with Crippen LogP contribution in [0.25, 0.3) is 11.0 Å². The minimum atomic E-state index is 0.815. The Hall–Kier alpha value is -0.480. The van der Waals surface area contributed by atoms with Gasteiger partial charge in [0, 0.05) is 10.9 Å². The van der Waals surface area contributed by atoms with E-state index in [0.717, 1.165) is 33.7 Å². The first-order chi connectivity index (χ1) is 8.33. The molecule has 1 saturated heterocycles. The predicted octanol–water partition coefficient (Wildman–Crippen LogP) is 4.01. The number of hydrogen-bond acceptors (Lipinski definition) is 2. The zero-order valence-electron chi connectivity index (χ0n) is 9.58. The molecule has 2 heterocycles. The van der Waals surface area contributed by atoms with E-state index in [2.05, 4.69) is 38.7 Å². The van der Waals surface area contributed by atoms with Gasteiger partial charge >= 0.3 is 0 Å². The van der Waals surface area contributed by atoms with Crippen LogP contribution in [0.4, 0.5) is 0 Å². The first kappa shape index (κ1) is 11.6. The second kappa shape index (κ2) is 5.02. The zero-order chi connectivity index (χ0) is 11.7. The molecule has 0 bridgehead atoms. The van der Waals surface area contributed by atoms with Crippen LogP contribution in [0.3, 0.4) is 0 Å². The minimum Gasteiger partial charge on any atom is -0.342 e. The van der Waals surface area contributed by atoms with Gasteiger partial charge in [-0.15, -0.1) is 0 Å². The normalized spacial score (nSPS) is 17.7. The summed E-state index contributed by atoms with van der Waals surface area (Å²) in [5, 5.41) is 0. The molecule has 90 valence electrons. The SMILES string of the molecule is Brc1cccc2[nH]c(CC3CCSCC3)nc12. The number of thioether (sulfide) groups is 1. The Morgan fingerprint density at radius 2 is 2.18 bits per heavy atom. The van der Waals surface area contributed by atoms with Crippen molar-refractivity contribution in [2.45, 2.75) is 19.3 Å². The number of nitrogens with one attached hydrogen (secondary N) is 1. The second-order valence-corrected chi connectivity index (χ2v) is 6.66. The zero-order valence-corrected chi connectivity index (χ0v) is 12.0. The number of hydrogen-bond donors (Lipinski definition) is 1. The lowest BCUT2D eigenvalue weighted by molar-refractivity contribution is 0.478. The van der Waals surface area contributed by atoms with Crippen molar-refractivity contribution in [1.82, 2.24) is 9.97 Å². The number of H-pyrrole nitrogens is 1. The molecule has 0 atom stereocenters. The largest absolute Gasteiger partial charge is 0.342 e. The van der Waals surface area contributed by atoms with Crippen molar-refractivity contribution in [2.24, 2.45) is 5.92 Å². The molecule has 0 saturated carbocycles. The average molecular weight is 311 g/mol. The molecular formula is C13H15BrN2S. The third-order valence-electron chi connectivity index (χ3n) is 3.34. The lowest BCUT2D eigenvalue weighted by Crippen LogP contribution is -2.12. The highest BCUT2D eigenvalue weighted by atomic mass is 79.9. The molecule has 0 aliphatic carbocycles. The van der Waals surface area contributed by atoms with Crippen LogP contribution in [-0.2, 0) is 6.42 Å². The average Bonchev–Trinajstić information content (AvgIpc) is 2.74. The van der Waals surface area contributed by atoms with Crippen LogP contribution in [0.2, 0.25) is 0 Å². The first-order valence-corrected chi connectivity index (χ1v) is 7.98. The highest BCUT2D eigenvalue weighted by Gasteiger charge is 2.16. The maximum Gasteiger partial charge on any atom is 0.107 e. The third-order valence-corrected chi connectivity index (χ3v) is 5.02. The Morgan fingerprint density at radius 1 is 1.35 bits per heavy atom. The summed E-state index contributed by atoms with van der Waals surface area (Å²) in [6.45, 7) is 0. The number of para-hydroxylation sites is 1. The summed E-state index contributed by atoms with van der Waals surface area (Å²) in [6, 6.07) is 6.18. The molecule has 0 amide bonds. The second-order valence-electron chi connectivity index (χ2n) is 4.58. The van der Waals surface area contributed by atoms with Gasteiger partial charge < -0.3 is 4.98 Å². The maximum absolute atomic E-state index is 4.70. The van der Waals surface area contributed by atoms with Crippen molar-refractivity contribution < 1.29 is 0 Å². The third kappa shape index (κ3) is 2.52. The molecular weight excluding hydrogens is 296 g/mol. The number of halogens is 1. The molecule has 0 spiro atoms. The van der Waals surface area contributed by atoms with Crippen LogP contribution < -0.4 is 0 Å². The van der Waals surface area contributed by atoms with E-state index >= 15 is 0 Å². The molecule has 1 fully saturated rings. The molecule has 1 aromatic heterocycles. The molecule has 1 N–H and O–H groups in total. The van der Waals surface area contributed by atoms with Gasteiger partial charge in [0.15, 0.2) is 0 Å². The molecule has 0 unspecified atom stereocenters. The Labute approximate surface area is 114 Å². The molecule has 0 radical (unpaired) electrons. The number of rotatable bonds is 2. The highest BCUT2D eigenvalue weighted by molar-refractivity contribution is 9.10. The number of aromatic amines is 1. The van der Waals surface area contributed by atoms with Gasteiger partial charge in [-0.25, -0.2) is 4.98 Å². The number of nitrogens with zero attached hydrogens (tertiary/aromatic N) is 1. The van der Waals surface area contributed by atoms with E-state index in [1.54, 1.807) is 0 Å². The van der Waals surface area contributed by atoms with Crippen molar-refractivity contribution >= 4 is 38.7 Å². The van der Waals surface area contributed by atoms with Gasteiger partial charge in [-0.3, -0.25) is 0 Å². The van der Waals surface area contributed by atoms with E-state index in [4.69, 9.17) is 4.98 Å². The summed E-state index contributed by atoms with van der Waals surface area (Å²) < 4.78 is 1.08. The van der Waals surface area contributed by atoms with Gasteiger partial charge in [0.2, 0.25) is 0 Å². The van der Waals surface area contributed by atoms with E-state index < -0.39 is 0 Å². The fraction of sp³-hybridized carbons (Fsp3) is 0.462. The van der Waals surface area contributed by atoms with Crippen molar-refractivity contribution in [1.29, 1.82) is 0 Å². The van der Waals surface area contributed by atoms with E-state index in [1.165, 1.54) is 24.3 Å². The summed E-state index contributed by atoms with van der Waals surface area (Å²) in [6.07, 6.45) is 3.77. The predicted molar refractivity (Wildman–Crippen MR) is 77.5 cm³/mol. The summed E-state index contributed by atoms with van der Waals surface area (Å²) in [7, 11) is 0.